The molecular weight excluding hydrogens is 254 g/mol. The number of piperidine rings is 1. The molecule has 1 heterocycles. The van der Waals surface area contributed by atoms with Gasteiger partial charge in [0.05, 0.1) is 12.8 Å². The lowest BCUT2D eigenvalue weighted by Gasteiger charge is -2.34. The Hall–Kier alpha value is -1.40. The summed E-state index contributed by atoms with van der Waals surface area (Å²) in [5.41, 5.74) is 4.73. The zero-order chi connectivity index (χ0) is 14.2. The second-order valence-corrected chi connectivity index (χ2v) is 5.00. The van der Waals surface area contributed by atoms with Crippen molar-refractivity contribution in [2.45, 2.75) is 31.9 Å². The highest BCUT2D eigenvalue weighted by atomic mass is 16.6. The maximum Gasteiger partial charge on any atom is 0.216 e. The Labute approximate surface area is 120 Å². The van der Waals surface area contributed by atoms with Gasteiger partial charge in [-0.15, -0.1) is 0 Å². The second kappa shape index (κ2) is 8.01. The van der Waals surface area contributed by atoms with Crippen molar-refractivity contribution >= 4 is 0 Å². The Morgan fingerprint density at radius 1 is 1.35 bits per heavy atom. The van der Waals surface area contributed by atoms with E-state index in [0.29, 0.717) is 12.6 Å². The van der Waals surface area contributed by atoms with Crippen LogP contribution in [0.4, 0.5) is 0 Å². The highest BCUT2D eigenvalue weighted by molar-refractivity contribution is 5.13. The minimum absolute atomic E-state index is 0.435. The first-order chi connectivity index (χ1) is 9.79. The van der Waals surface area contributed by atoms with Gasteiger partial charge in [0, 0.05) is 19.1 Å². The number of hydrogen-bond acceptors (Lipinski definition) is 4. The fourth-order valence-electron chi connectivity index (χ4n) is 2.34. The fraction of sp³-hybridized carbons (Fsp3) is 0.467. The number of likely N-dealkylation sites (tertiary alicyclic amines) is 1. The van der Waals surface area contributed by atoms with Gasteiger partial charge < -0.3 is 20.9 Å². The molecule has 1 aromatic rings. The molecule has 0 bridgehead atoms. The summed E-state index contributed by atoms with van der Waals surface area (Å²) in [5, 5.41) is 13.4. The number of quaternary nitrogens is 1. The molecule has 1 aliphatic rings. The molecule has 0 spiro atoms. The predicted octanol–water partition coefficient (Wildman–Crippen LogP) is 0.246. The largest absolute Gasteiger partial charge is 0.384 e. The molecule has 1 saturated heterocycles. The Balaban J connectivity index is 1.70. The first-order valence-corrected chi connectivity index (χ1v) is 7.07. The van der Waals surface area contributed by atoms with Crippen LogP contribution in [0.3, 0.4) is 0 Å². The zero-order valence-electron chi connectivity index (χ0n) is 11.7. The van der Waals surface area contributed by atoms with Gasteiger partial charge in [-0.05, 0) is 18.4 Å². The summed E-state index contributed by atoms with van der Waals surface area (Å²) in [6, 6.07) is 10.4. The molecule has 5 N–H and O–H groups in total. The van der Waals surface area contributed by atoms with Crippen molar-refractivity contribution in [3.05, 3.63) is 48.3 Å². The van der Waals surface area contributed by atoms with Gasteiger partial charge in [-0.2, -0.15) is 0 Å². The smallest absolute Gasteiger partial charge is 0.216 e. The van der Waals surface area contributed by atoms with E-state index in [1.807, 2.05) is 41.4 Å². The van der Waals surface area contributed by atoms with Crippen LogP contribution in [0.1, 0.15) is 18.4 Å². The van der Waals surface area contributed by atoms with Gasteiger partial charge >= 0.3 is 0 Å². The molecule has 1 unspecified atom stereocenters. The van der Waals surface area contributed by atoms with Crippen LogP contribution in [0.2, 0.25) is 0 Å². The molecule has 20 heavy (non-hydrogen) atoms. The molecule has 1 atom stereocenters. The molecule has 1 fully saturated rings. The average Bonchev–Trinajstić information content (AvgIpc) is 2.52. The third kappa shape index (κ3) is 4.61. The van der Waals surface area contributed by atoms with Gasteiger partial charge in [-0.3, -0.25) is 4.90 Å². The summed E-state index contributed by atoms with van der Waals surface area (Å²) in [7, 11) is 0. The first-order valence-electron chi connectivity index (χ1n) is 7.07. The van der Waals surface area contributed by atoms with Gasteiger partial charge in [0.2, 0.25) is 6.41 Å². The van der Waals surface area contributed by atoms with Crippen molar-refractivity contribution in [1.29, 1.82) is 0 Å². The summed E-state index contributed by atoms with van der Waals surface area (Å²) in [5.74, 6) is 0. The zero-order valence-corrected chi connectivity index (χ0v) is 11.7. The quantitative estimate of drug-likeness (QED) is 0.652. The highest BCUT2D eigenvalue weighted by Gasteiger charge is 2.23. The van der Waals surface area contributed by atoms with E-state index in [9.17, 15) is 5.11 Å². The van der Waals surface area contributed by atoms with E-state index in [-0.39, 0.29) is 0 Å². The number of rotatable bonds is 6. The van der Waals surface area contributed by atoms with Gasteiger partial charge in [0.15, 0.2) is 0 Å². The Kier molecular flexibility index (Phi) is 6.01. The summed E-state index contributed by atoms with van der Waals surface area (Å²) < 4.78 is 5.52. The summed E-state index contributed by atoms with van der Waals surface area (Å²) in [6.07, 6.45) is 4.80. The molecule has 5 nitrogen and oxygen atoms in total. The number of aliphatic hydroxyl groups excluding tert-OH is 1. The Morgan fingerprint density at radius 2 is 2.05 bits per heavy atom. The molecule has 0 aromatic heterocycles. The number of nitrogens with one attached hydrogen (secondary N) is 1. The van der Waals surface area contributed by atoms with E-state index in [4.69, 9.17) is 4.74 Å². The SMILES string of the molecule is [NH3+]/C=C\NC1CCN(C(O)OCc2ccccc2)CC1. The van der Waals surface area contributed by atoms with Crippen LogP contribution in [0.15, 0.2) is 42.7 Å². The van der Waals surface area contributed by atoms with Crippen LogP contribution < -0.4 is 11.1 Å². The van der Waals surface area contributed by atoms with Gasteiger partial charge in [0.25, 0.3) is 0 Å². The van der Waals surface area contributed by atoms with E-state index in [1.165, 1.54) is 0 Å². The number of benzene rings is 1. The van der Waals surface area contributed by atoms with Gasteiger partial charge in [-0.25, -0.2) is 0 Å². The van der Waals surface area contributed by atoms with E-state index in [1.54, 1.807) is 6.20 Å². The topological polar surface area (TPSA) is 72.4 Å². The maximum absolute atomic E-state index is 10.1. The van der Waals surface area contributed by atoms with Crippen molar-refractivity contribution in [2.24, 2.45) is 0 Å². The van der Waals surface area contributed by atoms with Gasteiger partial charge in [-0.1, -0.05) is 30.3 Å². The lowest BCUT2D eigenvalue weighted by atomic mass is 10.1. The van der Waals surface area contributed by atoms with Crippen molar-refractivity contribution < 1.29 is 15.6 Å². The van der Waals surface area contributed by atoms with E-state index < -0.39 is 6.41 Å². The molecule has 0 aliphatic carbocycles. The third-order valence-corrected chi connectivity index (χ3v) is 3.53. The molecule has 110 valence electrons. The van der Waals surface area contributed by atoms with Crippen molar-refractivity contribution in [3.8, 4) is 0 Å². The predicted molar refractivity (Wildman–Crippen MR) is 77.0 cm³/mol. The average molecular weight is 278 g/mol. The van der Waals surface area contributed by atoms with Crippen molar-refractivity contribution in [2.75, 3.05) is 13.1 Å². The number of aliphatic hydroxyl groups is 1. The van der Waals surface area contributed by atoms with Crippen molar-refractivity contribution in [1.82, 2.24) is 10.2 Å². The molecule has 1 aliphatic heterocycles. The molecule has 1 aromatic carbocycles. The van der Waals surface area contributed by atoms with E-state index in [0.717, 1.165) is 31.5 Å². The number of hydrogen-bond donors (Lipinski definition) is 3. The molecule has 0 saturated carbocycles. The monoisotopic (exact) mass is 278 g/mol. The van der Waals surface area contributed by atoms with Crippen LogP contribution in [0.5, 0.6) is 0 Å². The second-order valence-electron chi connectivity index (χ2n) is 5.00. The van der Waals surface area contributed by atoms with E-state index >= 15 is 0 Å². The van der Waals surface area contributed by atoms with Crippen LogP contribution in [-0.4, -0.2) is 35.6 Å². The van der Waals surface area contributed by atoms with Crippen LogP contribution in [-0.2, 0) is 11.3 Å². The number of nitrogens with zero attached hydrogens (tertiary/aromatic N) is 1. The lowest BCUT2D eigenvalue weighted by molar-refractivity contribution is -0.275. The Bertz CT molecular complexity index is 403. The number of ether oxygens (including phenoxy) is 1. The minimum atomic E-state index is -0.820. The first kappa shape index (κ1) is 15.0. The maximum atomic E-state index is 10.1. The van der Waals surface area contributed by atoms with Crippen LogP contribution in [0, 0.1) is 0 Å². The molecule has 5 heteroatoms. The minimum Gasteiger partial charge on any atom is -0.384 e. The Morgan fingerprint density at radius 3 is 2.70 bits per heavy atom. The molecule has 2 rings (SSSR count). The normalized spacial score (nSPS) is 19.3. The van der Waals surface area contributed by atoms with Gasteiger partial charge in [0.1, 0.15) is 6.20 Å². The standard InChI is InChI=1S/C15H23N3O2/c16-8-9-17-14-6-10-18(11-7-14)15(19)20-12-13-4-2-1-3-5-13/h1-5,8-9,14-15,17,19H,6-7,10-12,16H2/p+1/b9-8-. The summed E-state index contributed by atoms with van der Waals surface area (Å²) >= 11 is 0. The summed E-state index contributed by atoms with van der Waals surface area (Å²) in [4.78, 5) is 1.97. The lowest BCUT2D eigenvalue weighted by Crippen LogP contribution is -2.47. The third-order valence-electron chi connectivity index (χ3n) is 3.53. The highest BCUT2D eigenvalue weighted by Crippen LogP contribution is 2.14. The fourth-order valence-corrected chi connectivity index (χ4v) is 2.34. The van der Waals surface area contributed by atoms with Crippen LogP contribution in [0.25, 0.3) is 0 Å². The van der Waals surface area contributed by atoms with Crippen LogP contribution >= 0.6 is 0 Å². The van der Waals surface area contributed by atoms with Crippen molar-refractivity contribution in [3.63, 3.8) is 0 Å². The molecular formula is C15H24N3O2+. The molecule has 0 amide bonds. The summed E-state index contributed by atoms with van der Waals surface area (Å²) in [6.45, 7) is 2.10. The van der Waals surface area contributed by atoms with E-state index in [2.05, 4.69) is 11.1 Å². The molecule has 0 radical (unpaired) electrons.